The van der Waals surface area contributed by atoms with Crippen LogP contribution < -0.4 is 10.1 Å². The summed E-state index contributed by atoms with van der Waals surface area (Å²) >= 11 is 1.32. The summed E-state index contributed by atoms with van der Waals surface area (Å²) in [5, 5.41) is 13.5. The molecule has 0 aliphatic carbocycles. The fourth-order valence-electron chi connectivity index (χ4n) is 2.42. The van der Waals surface area contributed by atoms with Crippen LogP contribution in [-0.2, 0) is 16.0 Å². The SMILES string of the molecule is CCCc1cc(C(=O)OCC(=O)Nc2ccc(OC)cc2[N+](=O)[O-])sc1C. The maximum absolute atomic E-state index is 12.1. The summed E-state index contributed by atoms with van der Waals surface area (Å²) in [4.78, 5) is 36.1. The number of nitro benzene ring substituents is 1. The van der Waals surface area contributed by atoms with Crippen LogP contribution in [0.15, 0.2) is 24.3 Å². The Hall–Kier alpha value is -2.94. The van der Waals surface area contributed by atoms with Crippen molar-refractivity contribution in [2.75, 3.05) is 19.0 Å². The predicted molar refractivity (Wildman–Crippen MR) is 102 cm³/mol. The molecule has 0 saturated carbocycles. The minimum atomic E-state index is -0.668. The molecular weight excluding hydrogens is 372 g/mol. The number of esters is 1. The molecule has 0 fully saturated rings. The molecule has 1 amide bonds. The summed E-state index contributed by atoms with van der Waals surface area (Å²) in [6.45, 7) is 3.45. The number of hydrogen-bond donors (Lipinski definition) is 1. The van der Waals surface area contributed by atoms with Crippen molar-refractivity contribution in [1.29, 1.82) is 0 Å². The number of ether oxygens (including phenoxy) is 2. The summed E-state index contributed by atoms with van der Waals surface area (Å²) in [7, 11) is 1.38. The van der Waals surface area contributed by atoms with Crippen molar-refractivity contribution in [2.24, 2.45) is 0 Å². The zero-order valence-electron chi connectivity index (χ0n) is 15.2. The minimum absolute atomic E-state index is 0.000880. The first kappa shape index (κ1) is 20.4. The van der Waals surface area contributed by atoms with Gasteiger partial charge in [0, 0.05) is 4.88 Å². The third kappa shape index (κ3) is 5.27. The predicted octanol–water partition coefficient (Wildman–Crippen LogP) is 3.72. The van der Waals surface area contributed by atoms with E-state index in [-0.39, 0.29) is 11.4 Å². The first-order valence-corrected chi connectivity index (χ1v) is 9.06. The van der Waals surface area contributed by atoms with Gasteiger partial charge in [-0.15, -0.1) is 11.3 Å². The summed E-state index contributed by atoms with van der Waals surface area (Å²) in [5.41, 5.74) is 0.777. The molecule has 0 saturated heterocycles. The van der Waals surface area contributed by atoms with E-state index in [0.29, 0.717) is 10.6 Å². The van der Waals surface area contributed by atoms with Crippen molar-refractivity contribution in [3.63, 3.8) is 0 Å². The Kier molecular flexibility index (Phi) is 6.89. The van der Waals surface area contributed by atoms with E-state index in [0.717, 1.165) is 23.3 Å². The summed E-state index contributed by atoms with van der Waals surface area (Å²) in [6, 6.07) is 5.82. The fraction of sp³-hybridized carbons (Fsp3) is 0.333. The van der Waals surface area contributed by atoms with Crippen molar-refractivity contribution in [2.45, 2.75) is 26.7 Å². The number of benzene rings is 1. The maximum Gasteiger partial charge on any atom is 0.348 e. The lowest BCUT2D eigenvalue weighted by atomic mass is 10.1. The van der Waals surface area contributed by atoms with Crippen LogP contribution in [0.25, 0.3) is 0 Å². The van der Waals surface area contributed by atoms with Crippen LogP contribution in [0.5, 0.6) is 5.75 Å². The van der Waals surface area contributed by atoms with E-state index in [1.165, 1.54) is 36.6 Å². The molecule has 8 nitrogen and oxygen atoms in total. The van der Waals surface area contributed by atoms with Crippen molar-refractivity contribution >= 4 is 34.6 Å². The van der Waals surface area contributed by atoms with Gasteiger partial charge in [-0.2, -0.15) is 0 Å². The van der Waals surface area contributed by atoms with E-state index in [1.54, 1.807) is 6.07 Å². The smallest absolute Gasteiger partial charge is 0.348 e. The lowest BCUT2D eigenvalue weighted by Crippen LogP contribution is -2.21. The van der Waals surface area contributed by atoms with E-state index in [4.69, 9.17) is 9.47 Å². The zero-order chi connectivity index (χ0) is 20.0. The van der Waals surface area contributed by atoms with Crippen molar-refractivity contribution in [1.82, 2.24) is 0 Å². The van der Waals surface area contributed by atoms with Gasteiger partial charge in [-0.1, -0.05) is 13.3 Å². The molecule has 0 bridgehead atoms. The molecule has 1 aromatic heterocycles. The number of nitrogens with zero attached hydrogens (tertiary/aromatic N) is 1. The summed E-state index contributed by atoms with van der Waals surface area (Å²) < 4.78 is 9.96. The molecule has 2 rings (SSSR count). The largest absolute Gasteiger partial charge is 0.496 e. The van der Waals surface area contributed by atoms with Gasteiger partial charge in [-0.3, -0.25) is 14.9 Å². The van der Waals surface area contributed by atoms with Crippen LogP contribution in [-0.4, -0.2) is 30.5 Å². The molecule has 27 heavy (non-hydrogen) atoms. The molecule has 2 aromatic rings. The molecule has 1 heterocycles. The Balaban J connectivity index is 1.99. The second-order valence-electron chi connectivity index (χ2n) is 5.71. The fourth-order valence-corrected chi connectivity index (χ4v) is 3.39. The summed E-state index contributed by atoms with van der Waals surface area (Å²) in [6.07, 6.45) is 1.84. The number of thiophene rings is 1. The lowest BCUT2D eigenvalue weighted by Gasteiger charge is -2.08. The van der Waals surface area contributed by atoms with Gasteiger partial charge in [-0.25, -0.2) is 4.79 Å². The Bertz CT molecular complexity index is 862. The third-order valence-corrected chi connectivity index (χ3v) is 4.82. The van der Waals surface area contributed by atoms with Crippen LogP contribution in [0.3, 0.4) is 0 Å². The molecule has 0 unspecified atom stereocenters. The number of amides is 1. The highest BCUT2D eigenvalue weighted by atomic mass is 32.1. The monoisotopic (exact) mass is 392 g/mol. The second-order valence-corrected chi connectivity index (χ2v) is 6.96. The van der Waals surface area contributed by atoms with Crippen LogP contribution in [0, 0.1) is 17.0 Å². The Labute approximate surface area is 160 Å². The Morgan fingerprint density at radius 1 is 1.30 bits per heavy atom. The van der Waals surface area contributed by atoms with E-state index in [2.05, 4.69) is 12.2 Å². The molecule has 1 N–H and O–H groups in total. The van der Waals surface area contributed by atoms with Crippen LogP contribution in [0.2, 0.25) is 0 Å². The molecule has 0 radical (unpaired) electrons. The van der Waals surface area contributed by atoms with Gasteiger partial charge in [0.15, 0.2) is 6.61 Å². The molecule has 9 heteroatoms. The number of carbonyl (C=O) groups excluding carboxylic acids is 2. The Morgan fingerprint density at radius 2 is 2.04 bits per heavy atom. The van der Waals surface area contributed by atoms with Gasteiger partial charge in [0.1, 0.15) is 16.3 Å². The molecule has 1 aromatic carbocycles. The average Bonchev–Trinajstić information content (AvgIpc) is 3.01. The third-order valence-electron chi connectivity index (χ3n) is 3.75. The highest BCUT2D eigenvalue weighted by molar-refractivity contribution is 7.14. The number of nitrogens with one attached hydrogen (secondary N) is 1. The lowest BCUT2D eigenvalue weighted by molar-refractivity contribution is -0.384. The van der Waals surface area contributed by atoms with Crippen LogP contribution >= 0.6 is 11.3 Å². The molecule has 144 valence electrons. The minimum Gasteiger partial charge on any atom is -0.496 e. The van der Waals surface area contributed by atoms with Crippen molar-refractivity contribution in [3.8, 4) is 5.75 Å². The van der Waals surface area contributed by atoms with Crippen LogP contribution in [0.4, 0.5) is 11.4 Å². The number of carbonyl (C=O) groups is 2. The number of rotatable bonds is 8. The molecule has 0 aliphatic rings. The van der Waals surface area contributed by atoms with Gasteiger partial charge in [-0.05, 0) is 37.1 Å². The maximum atomic E-state index is 12.1. The zero-order valence-corrected chi connectivity index (χ0v) is 16.1. The quantitative estimate of drug-likeness (QED) is 0.417. The standard InChI is InChI=1S/C18H20N2O6S/c1-4-5-12-8-16(27-11(12)2)18(22)26-10-17(21)19-14-7-6-13(25-3)9-15(14)20(23)24/h6-9H,4-5,10H2,1-3H3,(H,19,21). The number of methoxy groups -OCH3 is 1. The van der Waals surface area contributed by atoms with Crippen LogP contribution in [0.1, 0.15) is 33.5 Å². The molecule has 0 atom stereocenters. The normalized spacial score (nSPS) is 10.3. The Morgan fingerprint density at radius 3 is 2.67 bits per heavy atom. The first-order chi connectivity index (χ1) is 12.8. The van der Waals surface area contributed by atoms with E-state index in [1.807, 2.05) is 6.92 Å². The topological polar surface area (TPSA) is 108 Å². The van der Waals surface area contributed by atoms with E-state index in [9.17, 15) is 19.7 Å². The van der Waals surface area contributed by atoms with Gasteiger partial charge in [0.2, 0.25) is 0 Å². The van der Waals surface area contributed by atoms with Crippen molar-refractivity contribution < 1.29 is 24.0 Å². The second kappa shape index (κ2) is 9.13. The highest BCUT2D eigenvalue weighted by Crippen LogP contribution is 2.29. The van der Waals surface area contributed by atoms with E-state index < -0.39 is 23.4 Å². The van der Waals surface area contributed by atoms with E-state index >= 15 is 0 Å². The molecule has 0 aliphatic heterocycles. The van der Waals surface area contributed by atoms with Crippen molar-refractivity contribution in [3.05, 3.63) is 49.7 Å². The van der Waals surface area contributed by atoms with Gasteiger partial charge in [0.25, 0.3) is 11.6 Å². The average molecular weight is 392 g/mol. The van der Waals surface area contributed by atoms with Gasteiger partial charge < -0.3 is 14.8 Å². The molecule has 0 spiro atoms. The first-order valence-electron chi connectivity index (χ1n) is 8.24. The van der Waals surface area contributed by atoms with Gasteiger partial charge >= 0.3 is 5.97 Å². The van der Waals surface area contributed by atoms with Gasteiger partial charge in [0.05, 0.1) is 18.1 Å². The summed E-state index contributed by atoms with van der Waals surface area (Å²) in [5.74, 6) is -0.967. The number of anilines is 1. The number of hydrogen-bond acceptors (Lipinski definition) is 7. The molecular formula is C18H20N2O6S. The highest BCUT2D eigenvalue weighted by Gasteiger charge is 2.19. The number of aryl methyl sites for hydroxylation is 2. The number of nitro groups is 1.